The van der Waals surface area contributed by atoms with Gasteiger partial charge in [-0.2, -0.15) is 0 Å². The number of carbonyl (C=O) groups is 1. The minimum absolute atomic E-state index is 0.0831. The van der Waals surface area contributed by atoms with Gasteiger partial charge in [-0.05, 0) is 30.7 Å². The highest BCUT2D eigenvalue weighted by Crippen LogP contribution is 2.19. The van der Waals surface area contributed by atoms with Gasteiger partial charge >= 0.3 is 5.97 Å². The molecular weight excluding hydrogens is 222 g/mol. The largest absolute Gasteiger partial charge is 0.497 e. The number of rotatable bonds is 3. The number of hydrogen-bond acceptors (Lipinski definition) is 4. The van der Waals surface area contributed by atoms with Crippen molar-refractivity contribution >= 4 is 5.97 Å². The van der Waals surface area contributed by atoms with Crippen molar-refractivity contribution in [1.82, 2.24) is 15.0 Å². The Morgan fingerprint density at radius 2 is 2.24 bits per heavy atom. The molecule has 0 unspecified atom stereocenters. The van der Waals surface area contributed by atoms with E-state index in [1.807, 2.05) is 13.0 Å². The lowest BCUT2D eigenvalue weighted by Crippen LogP contribution is -1.98. The Morgan fingerprint density at radius 3 is 2.76 bits per heavy atom. The molecule has 0 fully saturated rings. The molecule has 0 saturated heterocycles. The first-order valence-corrected chi connectivity index (χ1v) is 4.92. The van der Waals surface area contributed by atoms with Crippen LogP contribution < -0.4 is 4.74 Å². The number of ether oxygens (including phenoxy) is 1. The van der Waals surface area contributed by atoms with E-state index in [4.69, 9.17) is 9.84 Å². The number of hydrogen-bond donors (Lipinski definition) is 1. The Morgan fingerprint density at radius 1 is 1.47 bits per heavy atom. The van der Waals surface area contributed by atoms with Gasteiger partial charge < -0.3 is 9.84 Å². The van der Waals surface area contributed by atoms with E-state index in [1.54, 1.807) is 19.2 Å². The average Bonchev–Trinajstić information content (AvgIpc) is 2.78. The lowest BCUT2D eigenvalue weighted by molar-refractivity contribution is 0.0690. The molecule has 6 nitrogen and oxygen atoms in total. The van der Waals surface area contributed by atoms with Crippen LogP contribution in [0.2, 0.25) is 0 Å². The summed E-state index contributed by atoms with van der Waals surface area (Å²) in [6.07, 6.45) is 1.37. The van der Waals surface area contributed by atoms with Crippen molar-refractivity contribution in [1.29, 1.82) is 0 Å². The molecule has 0 bridgehead atoms. The molecule has 1 aromatic carbocycles. The van der Waals surface area contributed by atoms with Crippen LogP contribution in [0.5, 0.6) is 5.75 Å². The van der Waals surface area contributed by atoms with E-state index in [9.17, 15) is 4.79 Å². The summed E-state index contributed by atoms with van der Waals surface area (Å²) in [7, 11) is 1.59. The van der Waals surface area contributed by atoms with Gasteiger partial charge in [0, 0.05) is 0 Å². The van der Waals surface area contributed by atoms with Crippen LogP contribution in [-0.2, 0) is 0 Å². The number of aromatic nitrogens is 3. The van der Waals surface area contributed by atoms with Crippen LogP contribution in [0.15, 0.2) is 24.4 Å². The number of aryl methyl sites for hydroxylation is 1. The fourth-order valence-electron chi connectivity index (χ4n) is 1.49. The third-order valence-corrected chi connectivity index (χ3v) is 2.36. The first-order valence-electron chi connectivity index (χ1n) is 4.92. The van der Waals surface area contributed by atoms with E-state index >= 15 is 0 Å². The second-order valence-electron chi connectivity index (χ2n) is 3.51. The molecule has 17 heavy (non-hydrogen) atoms. The highest BCUT2D eigenvalue weighted by atomic mass is 16.5. The first kappa shape index (κ1) is 11.1. The van der Waals surface area contributed by atoms with Crippen LogP contribution >= 0.6 is 0 Å². The molecule has 0 atom stereocenters. The Bertz CT molecular complexity index is 563. The van der Waals surface area contributed by atoms with Crippen LogP contribution in [0, 0.1) is 6.92 Å². The third kappa shape index (κ3) is 2.10. The van der Waals surface area contributed by atoms with Gasteiger partial charge in [-0.15, -0.1) is 5.10 Å². The van der Waals surface area contributed by atoms with Gasteiger partial charge in [0.1, 0.15) is 5.75 Å². The fraction of sp³-hybridized carbons (Fsp3) is 0.182. The number of aromatic carboxylic acids is 1. The predicted molar refractivity (Wildman–Crippen MR) is 59.6 cm³/mol. The van der Waals surface area contributed by atoms with Crippen molar-refractivity contribution in [2.24, 2.45) is 0 Å². The van der Waals surface area contributed by atoms with E-state index in [-0.39, 0.29) is 5.69 Å². The van der Waals surface area contributed by atoms with Gasteiger partial charge in [-0.25, -0.2) is 9.48 Å². The highest BCUT2D eigenvalue weighted by molar-refractivity contribution is 5.84. The molecule has 2 rings (SSSR count). The molecule has 6 heteroatoms. The van der Waals surface area contributed by atoms with Crippen molar-refractivity contribution in [2.45, 2.75) is 6.92 Å². The third-order valence-electron chi connectivity index (χ3n) is 2.36. The summed E-state index contributed by atoms with van der Waals surface area (Å²) in [5.74, 6) is -0.354. The van der Waals surface area contributed by atoms with Gasteiger partial charge in [-0.3, -0.25) is 0 Å². The van der Waals surface area contributed by atoms with Crippen LogP contribution in [0.3, 0.4) is 0 Å². The molecule has 1 N–H and O–H groups in total. The fourth-order valence-corrected chi connectivity index (χ4v) is 1.49. The van der Waals surface area contributed by atoms with Crippen molar-refractivity contribution < 1.29 is 14.6 Å². The Hall–Kier alpha value is -2.37. The summed E-state index contributed by atoms with van der Waals surface area (Å²) in [6.45, 7) is 1.89. The second kappa shape index (κ2) is 4.25. The first-order chi connectivity index (χ1) is 8.11. The summed E-state index contributed by atoms with van der Waals surface area (Å²) >= 11 is 0. The molecule has 1 heterocycles. The zero-order valence-electron chi connectivity index (χ0n) is 9.41. The molecule has 88 valence electrons. The number of carboxylic acids is 1. The molecule has 0 aliphatic carbocycles. The molecule has 1 aromatic heterocycles. The molecule has 0 aliphatic rings. The molecule has 0 amide bonds. The number of benzene rings is 1. The summed E-state index contributed by atoms with van der Waals surface area (Å²) in [5.41, 5.74) is 1.61. The maximum absolute atomic E-state index is 10.7. The van der Waals surface area contributed by atoms with Gasteiger partial charge in [0.2, 0.25) is 0 Å². The topological polar surface area (TPSA) is 77.2 Å². The molecule has 0 aliphatic heterocycles. The number of carboxylic acid groups (broad SMARTS) is 1. The second-order valence-corrected chi connectivity index (χ2v) is 3.51. The maximum Gasteiger partial charge on any atom is 0.358 e. The van der Waals surface area contributed by atoms with Crippen LogP contribution in [0.25, 0.3) is 5.69 Å². The van der Waals surface area contributed by atoms with E-state index in [2.05, 4.69) is 10.3 Å². The maximum atomic E-state index is 10.7. The Kier molecular flexibility index (Phi) is 2.78. The van der Waals surface area contributed by atoms with Crippen molar-refractivity contribution in [3.63, 3.8) is 0 Å². The van der Waals surface area contributed by atoms with Crippen LogP contribution in [-0.4, -0.2) is 33.2 Å². The quantitative estimate of drug-likeness (QED) is 0.864. The van der Waals surface area contributed by atoms with E-state index < -0.39 is 5.97 Å². The van der Waals surface area contributed by atoms with Crippen LogP contribution in [0.4, 0.5) is 0 Å². The Labute approximate surface area is 97.4 Å². The molecule has 0 spiro atoms. The van der Waals surface area contributed by atoms with Gasteiger partial charge in [0.15, 0.2) is 5.69 Å². The van der Waals surface area contributed by atoms with Crippen molar-refractivity contribution in [2.75, 3.05) is 7.11 Å². The summed E-state index contributed by atoms with van der Waals surface area (Å²) in [5, 5.41) is 16.1. The zero-order chi connectivity index (χ0) is 12.4. The minimum Gasteiger partial charge on any atom is -0.497 e. The van der Waals surface area contributed by atoms with Crippen molar-refractivity contribution in [3.8, 4) is 11.4 Å². The number of nitrogens with zero attached hydrogens (tertiary/aromatic N) is 3. The summed E-state index contributed by atoms with van der Waals surface area (Å²) in [4.78, 5) is 10.7. The SMILES string of the molecule is COc1ccc(-n2cc(C(=O)O)nn2)c(C)c1. The van der Waals surface area contributed by atoms with Gasteiger partial charge in [0.25, 0.3) is 0 Å². The summed E-state index contributed by atoms with van der Waals surface area (Å²) in [6, 6.07) is 5.43. The summed E-state index contributed by atoms with van der Waals surface area (Å²) < 4.78 is 6.52. The minimum atomic E-state index is -1.09. The van der Waals surface area contributed by atoms with E-state index in [0.29, 0.717) is 0 Å². The molecular formula is C11H11N3O3. The molecule has 2 aromatic rings. The molecule has 0 radical (unpaired) electrons. The monoisotopic (exact) mass is 233 g/mol. The van der Waals surface area contributed by atoms with Gasteiger partial charge in [-0.1, -0.05) is 5.21 Å². The zero-order valence-corrected chi connectivity index (χ0v) is 9.41. The van der Waals surface area contributed by atoms with Crippen molar-refractivity contribution in [3.05, 3.63) is 35.7 Å². The van der Waals surface area contributed by atoms with Crippen LogP contribution in [0.1, 0.15) is 16.1 Å². The Balaban J connectivity index is 2.42. The highest BCUT2D eigenvalue weighted by Gasteiger charge is 2.10. The normalized spacial score (nSPS) is 10.2. The van der Waals surface area contributed by atoms with E-state index in [0.717, 1.165) is 17.0 Å². The number of methoxy groups -OCH3 is 1. The lowest BCUT2D eigenvalue weighted by Gasteiger charge is -2.06. The average molecular weight is 233 g/mol. The standard InChI is InChI=1S/C11H11N3O3/c1-7-5-8(17-2)3-4-10(7)14-6-9(11(15)16)12-13-14/h3-6H,1-2H3,(H,15,16). The van der Waals surface area contributed by atoms with Gasteiger partial charge in [0.05, 0.1) is 19.0 Å². The molecule has 0 saturated carbocycles. The smallest absolute Gasteiger partial charge is 0.358 e. The van der Waals surface area contributed by atoms with E-state index in [1.165, 1.54) is 10.9 Å². The lowest BCUT2D eigenvalue weighted by atomic mass is 10.2. The predicted octanol–water partition coefficient (Wildman–Crippen LogP) is 1.28.